The predicted molar refractivity (Wildman–Crippen MR) is 52.2 cm³/mol. The molecule has 1 aromatic rings. The van der Waals surface area contributed by atoms with Gasteiger partial charge in [-0.25, -0.2) is 0 Å². The average molecular weight is 180 g/mol. The molecule has 0 radical (unpaired) electrons. The molecule has 0 bridgehead atoms. The van der Waals surface area contributed by atoms with E-state index in [2.05, 4.69) is 0 Å². The van der Waals surface area contributed by atoms with Gasteiger partial charge in [0.2, 0.25) is 0 Å². The van der Waals surface area contributed by atoms with E-state index in [-0.39, 0.29) is 0 Å². The van der Waals surface area contributed by atoms with Crippen molar-refractivity contribution in [1.29, 1.82) is 0 Å². The summed E-state index contributed by atoms with van der Waals surface area (Å²) >= 11 is 0. The summed E-state index contributed by atoms with van der Waals surface area (Å²) in [4.78, 5) is 0. The molecular weight excluding hydrogens is 167 g/mol. The van der Waals surface area contributed by atoms with E-state index in [1.165, 1.54) is 7.11 Å². The van der Waals surface area contributed by atoms with Gasteiger partial charge in [-0.1, -0.05) is 12.1 Å². The molecule has 70 valence electrons. The molecule has 13 heavy (non-hydrogen) atoms. The van der Waals surface area contributed by atoms with E-state index >= 15 is 0 Å². The molecule has 1 N–H and O–H groups in total. The monoisotopic (exact) mass is 180 g/mol. The molecule has 0 aromatic heterocycles. The van der Waals surface area contributed by atoms with Crippen LogP contribution in [0.1, 0.15) is 6.92 Å². The molecule has 0 fully saturated rings. The first kappa shape index (κ1) is 10.1. The van der Waals surface area contributed by atoms with Crippen molar-refractivity contribution in [2.75, 3.05) is 13.7 Å². The molecule has 1 aromatic carbocycles. The Morgan fingerprint density at radius 3 is 2.85 bits per heavy atom. The zero-order chi connectivity index (χ0) is 9.68. The molecule has 0 heterocycles. The normalized spacial score (nSPS) is 9.77. The van der Waals surface area contributed by atoms with Gasteiger partial charge in [-0.2, -0.15) is 0 Å². The molecule has 3 nitrogen and oxygen atoms in total. The summed E-state index contributed by atoms with van der Waals surface area (Å²) in [5.74, 6) is 0.746. The van der Waals surface area contributed by atoms with Crippen LogP contribution in [0.2, 0.25) is 0 Å². The Labute approximate surface area is 78.4 Å². The van der Waals surface area contributed by atoms with Crippen LogP contribution in [0.25, 0.3) is 0 Å². The van der Waals surface area contributed by atoms with Crippen LogP contribution in [-0.2, 0) is 4.65 Å². The molecule has 0 amide bonds. The van der Waals surface area contributed by atoms with E-state index < -0.39 is 7.12 Å². The Morgan fingerprint density at radius 1 is 1.46 bits per heavy atom. The maximum Gasteiger partial charge on any atom is 0.491 e. The van der Waals surface area contributed by atoms with E-state index in [9.17, 15) is 5.02 Å². The lowest BCUT2D eigenvalue weighted by Gasteiger charge is -2.06. The molecule has 0 aliphatic rings. The molecule has 0 atom stereocenters. The van der Waals surface area contributed by atoms with Crippen molar-refractivity contribution >= 4 is 12.6 Å². The summed E-state index contributed by atoms with van der Waals surface area (Å²) in [6.45, 7) is 2.53. The zero-order valence-corrected chi connectivity index (χ0v) is 7.86. The van der Waals surface area contributed by atoms with Crippen LogP contribution in [0.3, 0.4) is 0 Å². The summed E-state index contributed by atoms with van der Waals surface area (Å²) < 4.78 is 10.0. The first-order valence-corrected chi connectivity index (χ1v) is 4.21. The lowest BCUT2D eigenvalue weighted by atomic mass is 9.80. The third kappa shape index (κ3) is 2.75. The molecule has 0 saturated carbocycles. The van der Waals surface area contributed by atoms with Crippen molar-refractivity contribution in [3.05, 3.63) is 24.3 Å². The summed E-state index contributed by atoms with van der Waals surface area (Å²) in [5.41, 5.74) is 0.702. The van der Waals surface area contributed by atoms with E-state index in [1.807, 2.05) is 19.1 Å². The van der Waals surface area contributed by atoms with Crippen molar-refractivity contribution < 1.29 is 14.4 Å². The quantitative estimate of drug-likeness (QED) is 0.682. The second kappa shape index (κ2) is 4.89. The minimum Gasteiger partial charge on any atom is -0.494 e. The second-order valence-electron chi connectivity index (χ2n) is 2.59. The first-order chi connectivity index (χ1) is 6.27. The Kier molecular flexibility index (Phi) is 3.80. The average Bonchev–Trinajstić information content (AvgIpc) is 2.18. The molecule has 0 spiro atoms. The van der Waals surface area contributed by atoms with Gasteiger partial charge in [0.15, 0.2) is 0 Å². The molecule has 0 aliphatic carbocycles. The van der Waals surface area contributed by atoms with E-state index in [4.69, 9.17) is 9.39 Å². The van der Waals surface area contributed by atoms with Gasteiger partial charge >= 0.3 is 7.12 Å². The highest BCUT2D eigenvalue weighted by Crippen LogP contribution is 2.07. The largest absolute Gasteiger partial charge is 0.494 e. The predicted octanol–water partition coefficient (Wildman–Crippen LogP) is 0.419. The number of benzene rings is 1. The van der Waals surface area contributed by atoms with Crippen LogP contribution in [0.15, 0.2) is 24.3 Å². The van der Waals surface area contributed by atoms with Crippen molar-refractivity contribution in [2.45, 2.75) is 6.92 Å². The second-order valence-corrected chi connectivity index (χ2v) is 2.59. The van der Waals surface area contributed by atoms with Gasteiger partial charge < -0.3 is 14.4 Å². The fourth-order valence-electron chi connectivity index (χ4n) is 1.06. The molecule has 0 aliphatic heterocycles. The van der Waals surface area contributed by atoms with Crippen molar-refractivity contribution in [2.24, 2.45) is 0 Å². The van der Waals surface area contributed by atoms with Crippen LogP contribution < -0.4 is 10.2 Å². The van der Waals surface area contributed by atoms with Crippen LogP contribution >= 0.6 is 0 Å². The van der Waals surface area contributed by atoms with Gasteiger partial charge in [-0.3, -0.25) is 0 Å². The molecule has 1 rings (SSSR count). The van der Waals surface area contributed by atoms with Crippen molar-refractivity contribution in [3.8, 4) is 5.75 Å². The highest BCUT2D eigenvalue weighted by Gasteiger charge is 2.14. The van der Waals surface area contributed by atoms with E-state index in [1.54, 1.807) is 12.1 Å². The lowest BCUT2D eigenvalue weighted by molar-refractivity contribution is 0.335. The van der Waals surface area contributed by atoms with Crippen LogP contribution in [0.5, 0.6) is 5.75 Å². The smallest absolute Gasteiger partial charge is 0.491 e. The minimum atomic E-state index is -0.875. The summed E-state index contributed by atoms with van der Waals surface area (Å²) in [7, 11) is 0.582. The van der Waals surface area contributed by atoms with E-state index in [0.29, 0.717) is 12.1 Å². The Morgan fingerprint density at radius 2 is 2.23 bits per heavy atom. The fourth-order valence-corrected chi connectivity index (χ4v) is 1.06. The standard InChI is InChI=1S/C9H13BO3/c1-3-13-9-6-4-5-8(7-9)10(11)12-2/h4-7,11H,3H2,1-2H3. The maximum atomic E-state index is 9.34. The van der Waals surface area contributed by atoms with Gasteiger partial charge in [-0.05, 0) is 24.5 Å². The van der Waals surface area contributed by atoms with Crippen LogP contribution in [-0.4, -0.2) is 25.9 Å². The Balaban J connectivity index is 2.78. The number of hydrogen-bond donors (Lipinski definition) is 1. The minimum absolute atomic E-state index is 0.618. The lowest BCUT2D eigenvalue weighted by Crippen LogP contribution is -2.32. The fraction of sp³-hybridized carbons (Fsp3) is 0.333. The third-order valence-electron chi connectivity index (χ3n) is 1.68. The summed E-state index contributed by atoms with van der Waals surface area (Å²) in [6, 6.07) is 7.21. The highest BCUT2D eigenvalue weighted by atomic mass is 16.5. The topological polar surface area (TPSA) is 38.7 Å². The summed E-state index contributed by atoms with van der Waals surface area (Å²) in [5, 5.41) is 9.34. The SMILES string of the molecule is CCOc1cccc(B(O)OC)c1. The van der Waals surface area contributed by atoms with E-state index in [0.717, 1.165) is 5.75 Å². The molecular formula is C9H13BO3. The third-order valence-corrected chi connectivity index (χ3v) is 1.68. The molecule has 4 heteroatoms. The Bertz CT molecular complexity index is 265. The first-order valence-electron chi connectivity index (χ1n) is 4.21. The number of rotatable bonds is 4. The van der Waals surface area contributed by atoms with Gasteiger partial charge in [0.05, 0.1) is 6.61 Å². The Hall–Kier alpha value is -0.995. The van der Waals surface area contributed by atoms with Gasteiger partial charge in [0, 0.05) is 7.11 Å². The summed E-state index contributed by atoms with van der Waals surface area (Å²) in [6.07, 6.45) is 0. The zero-order valence-electron chi connectivity index (χ0n) is 7.86. The van der Waals surface area contributed by atoms with Crippen molar-refractivity contribution in [1.82, 2.24) is 0 Å². The van der Waals surface area contributed by atoms with Crippen molar-refractivity contribution in [3.63, 3.8) is 0 Å². The van der Waals surface area contributed by atoms with Crippen LogP contribution in [0.4, 0.5) is 0 Å². The molecule has 0 unspecified atom stereocenters. The number of ether oxygens (including phenoxy) is 1. The highest BCUT2D eigenvalue weighted by molar-refractivity contribution is 6.59. The van der Waals surface area contributed by atoms with Gasteiger partial charge in [-0.15, -0.1) is 0 Å². The van der Waals surface area contributed by atoms with Gasteiger partial charge in [0.25, 0.3) is 0 Å². The molecule has 0 saturated heterocycles. The van der Waals surface area contributed by atoms with Gasteiger partial charge in [0.1, 0.15) is 5.75 Å². The maximum absolute atomic E-state index is 9.34. The van der Waals surface area contributed by atoms with Crippen LogP contribution in [0, 0.1) is 0 Å². The number of hydrogen-bond acceptors (Lipinski definition) is 3.